The molecule has 2 aromatic carbocycles. The van der Waals surface area contributed by atoms with Gasteiger partial charge in [-0.1, -0.05) is 60.2 Å². The van der Waals surface area contributed by atoms with E-state index in [1.807, 2.05) is 61.5 Å². The van der Waals surface area contributed by atoms with Crippen molar-refractivity contribution in [3.63, 3.8) is 0 Å². The Labute approximate surface area is 150 Å². The van der Waals surface area contributed by atoms with Crippen molar-refractivity contribution in [2.75, 3.05) is 0 Å². The van der Waals surface area contributed by atoms with Gasteiger partial charge in [0.2, 0.25) is 0 Å². The highest BCUT2D eigenvalue weighted by Gasteiger charge is 2.12. The van der Waals surface area contributed by atoms with Crippen LogP contribution in [-0.2, 0) is 6.54 Å². The van der Waals surface area contributed by atoms with E-state index in [1.54, 1.807) is 23.0 Å². The molecule has 0 saturated heterocycles. The largest absolute Gasteiger partial charge is 0.387 e. The molecule has 0 spiro atoms. The second-order valence-electron chi connectivity index (χ2n) is 6.41. The van der Waals surface area contributed by atoms with Crippen LogP contribution in [0, 0.1) is 6.92 Å². The quantitative estimate of drug-likeness (QED) is 0.618. The molecule has 0 fully saturated rings. The van der Waals surface area contributed by atoms with Gasteiger partial charge in [0.25, 0.3) is 5.56 Å². The summed E-state index contributed by atoms with van der Waals surface area (Å²) in [6, 6.07) is 19.2. The van der Waals surface area contributed by atoms with E-state index in [4.69, 9.17) is 0 Å². The molecule has 1 atom stereocenters. The third kappa shape index (κ3) is 3.05. The van der Waals surface area contributed by atoms with Gasteiger partial charge in [0.1, 0.15) is 5.52 Å². The lowest BCUT2D eigenvalue weighted by Gasteiger charge is -2.13. The highest BCUT2D eigenvalue weighted by molar-refractivity contribution is 5.65. The van der Waals surface area contributed by atoms with Gasteiger partial charge in [0, 0.05) is 18.0 Å². The van der Waals surface area contributed by atoms with E-state index >= 15 is 0 Å². The highest BCUT2D eigenvalue weighted by atomic mass is 16.3. The van der Waals surface area contributed by atoms with Crippen molar-refractivity contribution >= 4 is 5.52 Å². The fraction of sp³-hybridized carbons (Fsp3) is 0.143. The summed E-state index contributed by atoms with van der Waals surface area (Å²) in [6.45, 7) is 2.23. The van der Waals surface area contributed by atoms with E-state index in [9.17, 15) is 9.90 Å². The lowest BCUT2D eigenvalue weighted by Crippen LogP contribution is -2.24. The summed E-state index contributed by atoms with van der Waals surface area (Å²) in [5.74, 6) is 0. The van der Waals surface area contributed by atoms with E-state index in [-0.39, 0.29) is 12.1 Å². The number of fused-ring (bicyclic) bond motifs is 1. The molecule has 1 unspecified atom stereocenters. The van der Waals surface area contributed by atoms with Crippen LogP contribution in [0.1, 0.15) is 17.2 Å². The number of rotatable bonds is 4. The van der Waals surface area contributed by atoms with Gasteiger partial charge in [-0.15, -0.1) is 0 Å². The monoisotopic (exact) mass is 345 g/mol. The molecule has 0 aliphatic heterocycles. The standard InChI is InChI=1S/C21H19N3O2/c1-15-7-9-16(10-8-15)18-13-19-21(26)23(11-12-24(19)22-18)14-20(25)17-5-3-2-4-6-17/h2-13,20,25H,14H2,1H3. The zero-order valence-corrected chi connectivity index (χ0v) is 14.4. The van der Waals surface area contributed by atoms with Crippen LogP contribution in [0.3, 0.4) is 0 Å². The zero-order valence-electron chi connectivity index (χ0n) is 14.4. The Hall–Kier alpha value is -3.18. The lowest BCUT2D eigenvalue weighted by atomic mass is 10.1. The number of nitrogens with zero attached hydrogens (tertiary/aromatic N) is 3. The predicted octanol–water partition coefficient (Wildman–Crippen LogP) is 3.21. The Kier molecular flexibility index (Phi) is 4.14. The number of hydrogen-bond donors (Lipinski definition) is 1. The number of aliphatic hydroxyl groups excluding tert-OH is 1. The van der Waals surface area contributed by atoms with Gasteiger partial charge in [-0.3, -0.25) is 4.79 Å². The van der Waals surface area contributed by atoms with Crippen molar-refractivity contribution in [3.8, 4) is 11.3 Å². The van der Waals surface area contributed by atoms with Crippen molar-refractivity contribution in [1.82, 2.24) is 14.2 Å². The minimum atomic E-state index is -0.740. The fourth-order valence-electron chi connectivity index (χ4n) is 3.00. The molecular formula is C21H19N3O2. The van der Waals surface area contributed by atoms with Gasteiger partial charge < -0.3 is 9.67 Å². The molecular weight excluding hydrogens is 326 g/mol. The molecule has 5 nitrogen and oxygen atoms in total. The summed E-state index contributed by atoms with van der Waals surface area (Å²) in [7, 11) is 0. The van der Waals surface area contributed by atoms with Crippen LogP contribution in [0.5, 0.6) is 0 Å². The Bertz CT molecular complexity index is 1100. The molecule has 4 aromatic rings. The summed E-state index contributed by atoms with van der Waals surface area (Å²) in [5.41, 5.74) is 4.00. The lowest BCUT2D eigenvalue weighted by molar-refractivity contribution is 0.155. The minimum Gasteiger partial charge on any atom is -0.387 e. The number of aromatic nitrogens is 3. The predicted molar refractivity (Wildman–Crippen MR) is 101 cm³/mol. The molecule has 0 saturated carbocycles. The molecule has 0 aliphatic rings. The summed E-state index contributed by atoms with van der Waals surface area (Å²) < 4.78 is 3.11. The number of hydrogen-bond acceptors (Lipinski definition) is 3. The first kappa shape index (κ1) is 16.3. The maximum atomic E-state index is 12.8. The van der Waals surface area contributed by atoms with Crippen LogP contribution in [-0.4, -0.2) is 19.3 Å². The Morgan fingerprint density at radius 2 is 1.77 bits per heavy atom. The first-order valence-corrected chi connectivity index (χ1v) is 8.51. The minimum absolute atomic E-state index is 0.173. The summed E-state index contributed by atoms with van der Waals surface area (Å²) in [5, 5.41) is 14.9. The van der Waals surface area contributed by atoms with Gasteiger partial charge in [-0.05, 0) is 18.6 Å². The van der Waals surface area contributed by atoms with Gasteiger partial charge in [0.05, 0.1) is 18.3 Å². The number of aryl methyl sites for hydroxylation is 1. The Morgan fingerprint density at radius 3 is 2.50 bits per heavy atom. The summed E-state index contributed by atoms with van der Waals surface area (Å²) in [6.07, 6.45) is 2.66. The van der Waals surface area contributed by atoms with Gasteiger partial charge >= 0.3 is 0 Å². The average molecular weight is 345 g/mol. The van der Waals surface area contributed by atoms with Gasteiger partial charge in [0.15, 0.2) is 0 Å². The first-order chi connectivity index (χ1) is 12.6. The van der Waals surface area contributed by atoms with Gasteiger partial charge in [-0.2, -0.15) is 5.10 Å². The van der Waals surface area contributed by atoms with Crippen molar-refractivity contribution in [2.45, 2.75) is 19.6 Å². The van der Waals surface area contributed by atoms with Crippen molar-refractivity contribution in [1.29, 1.82) is 0 Å². The molecule has 0 bridgehead atoms. The second kappa shape index (κ2) is 6.61. The van der Waals surface area contributed by atoms with E-state index in [0.717, 1.165) is 16.8 Å². The first-order valence-electron chi connectivity index (χ1n) is 8.51. The SMILES string of the molecule is Cc1ccc(-c2cc3c(=O)n(CC(O)c4ccccc4)ccn3n2)cc1. The highest BCUT2D eigenvalue weighted by Crippen LogP contribution is 2.19. The Morgan fingerprint density at radius 1 is 1.04 bits per heavy atom. The third-order valence-electron chi connectivity index (χ3n) is 4.50. The van der Waals surface area contributed by atoms with Crippen LogP contribution in [0.25, 0.3) is 16.8 Å². The van der Waals surface area contributed by atoms with Crippen LogP contribution < -0.4 is 5.56 Å². The number of aliphatic hydroxyl groups is 1. The second-order valence-corrected chi connectivity index (χ2v) is 6.41. The fourth-order valence-corrected chi connectivity index (χ4v) is 3.00. The molecule has 26 heavy (non-hydrogen) atoms. The molecule has 4 rings (SSSR count). The maximum absolute atomic E-state index is 12.8. The van der Waals surface area contributed by atoms with Crippen LogP contribution in [0.2, 0.25) is 0 Å². The molecule has 1 N–H and O–H groups in total. The van der Waals surface area contributed by atoms with Crippen molar-refractivity contribution < 1.29 is 5.11 Å². The Balaban J connectivity index is 1.69. The zero-order chi connectivity index (χ0) is 18.1. The molecule has 2 aromatic heterocycles. The average Bonchev–Trinajstić information content (AvgIpc) is 3.10. The van der Waals surface area contributed by atoms with Gasteiger partial charge in [-0.25, -0.2) is 4.52 Å². The molecule has 2 heterocycles. The summed E-state index contributed by atoms with van der Waals surface area (Å²) in [4.78, 5) is 12.8. The smallest absolute Gasteiger partial charge is 0.276 e. The normalized spacial score (nSPS) is 12.4. The topological polar surface area (TPSA) is 59.5 Å². The van der Waals surface area contributed by atoms with Crippen molar-refractivity contribution in [3.05, 3.63) is 94.5 Å². The third-order valence-corrected chi connectivity index (χ3v) is 4.50. The van der Waals surface area contributed by atoms with E-state index in [1.165, 1.54) is 10.1 Å². The van der Waals surface area contributed by atoms with Crippen LogP contribution >= 0.6 is 0 Å². The van der Waals surface area contributed by atoms with Crippen molar-refractivity contribution in [2.24, 2.45) is 0 Å². The van der Waals surface area contributed by atoms with E-state index in [2.05, 4.69) is 5.10 Å². The molecule has 130 valence electrons. The summed E-state index contributed by atoms with van der Waals surface area (Å²) >= 11 is 0. The molecule has 0 aliphatic carbocycles. The molecule has 5 heteroatoms. The maximum Gasteiger partial charge on any atom is 0.276 e. The molecule has 0 radical (unpaired) electrons. The van der Waals surface area contributed by atoms with Crippen LogP contribution in [0.15, 0.2) is 77.9 Å². The van der Waals surface area contributed by atoms with E-state index in [0.29, 0.717) is 5.52 Å². The van der Waals surface area contributed by atoms with Crippen LogP contribution in [0.4, 0.5) is 0 Å². The number of benzene rings is 2. The van der Waals surface area contributed by atoms with E-state index < -0.39 is 6.10 Å². The molecule has 0 amide bonds.